The maximum atomic E-state index is 13.3. The van der Waals surface area contributed by atoms with Crippen LogP contribution in [-0.2, 0) is 16.1 Å². The second-order valence-electron chi connectivity index (χ2n) is 6.59. The summed E-state index contributed by atoms with van der Waals surface area (Å²) in [6, 6.07) is 16.4. The first-order chi connectivity index (χ1) is 13.1. The van der Waals surface area contributed by atoms with Crippen LogP contribution in [0.25, 0.3) is 11.3 Å². The Balaban J connectivity index is 1.70. The van der Waals surface area contributed by atoms with E-state index in [1.807, 2.05) is 25.1 Å². The van der Waals surface area contributed by atoms with E-state index >= 15 is 0 Å². The van der Waals surface area contributed by atoms with Gasteiger partial charge >= 0.3 is 5.97 Å². The quantitative estimate of drug-likeness (QED) is 0.608. The fraction of sp³-hybridized carbons (Fsp3) is 0.238. The minimum atomic E-state index is -0.273. The van der Waals surface area contributed by atoms with Crippen molar-refractivity contribution in [3.05, 3.63) is 72.2 Å². The molecule has 0 radical (unpaired) electrons. The lowest BCUT2D eigenvalue weighted by atomic mass is 10.1. The Morgan fingerprint density at radius 1 is 1.19 bits per heavy atom. The van der Waals surface area contributed by atoms with Crippen LogP contribution >= 0.6 is 11.8 Å². The molecule has 2 unspecified atom stereocenters. The molecule has 2 atom stereocenters. The van der Waals surface area contributed by atoms with Crippen molar-refractivity contribution in [3.8, 4) is 11.3 Å². The van der Waals surface area contributed by atoms with Crippen molar-refractivity contribution in [3.63, 3.8) is 0 Å². The van der Waals surface area contributed by atoms with Crippen LogP contribution in [0.4, 0.5) is 4.39 Å². The summed E-state index contributed by atoms with van der Waals surface area (Å²) in [6.45, 7) is 2.52. The number of rotatable bonds is 5. The standard InChI is InChI=1S/C21H19FN2O2S/c1-14-11-19(20(25)26-14)27-21-23-12-18(16-7-9-17(22)10-8-16)24(21)13-15-5-3-2-4-6-15/h2-10,12,14,19H,11,13H2,1H3. The van der Waals surface area contributed by atoms with E-state index < -0.39 is 0 Å². The zero-order valence-corrected chi connectivity index (χ0v) is 15.7. The fourth-order valence-corrected chi connectivity index (χ4v) is 4.34. The molecule has 1 aromatic heterocycles. The van der Waals surface area contributed by atoms with Crippen LogP contribution in [0.2, 0.25) is 0 Å². The second-order valence-corrected chi connectivity index (χ2v) is 7.76. The number of thioether (sulfide) groups is 1. The zero-order valence-electron chi connectivity index (χ0n) is 14.8. The number of hydrogen-bond acceptors (Lipinski definition) is 4. The third kappa shape index (κ3) is 3.90. The molecule has 4 nitrogen and oxygen atoms in total. The highest BCUT2D eigenvalue weighted by Gasteiger charge is 2.34. The summed E-state index contributed by atoms with van der Waals surface area (Å²) >= 11 is 1.43. The molecule has 138 valence electrons. The van der Waals surface area contributed by atoms with Crippen molar-refractivity contribution in [2.24, 2.45) is 0 Å². The van der Waals surface area contributed by atoms with E-state index in [2.05, 4.69) is 21.7 Å². The maximum absolute atomic E-state index is 13.3. The largest absolute Gasteiger partial charge is 0.462 e. The highest BCUT2D eigenvalue weighted by atomic mass is 32.2. The van der Waals surface area contributed by atoms with Gasteiger partial charge in [0.05, 0.1) is 18.4 Å². The van der Waals surface area contributed by atoms with E-state index in [1.165, 1.54) is 23.9 Å². The van der Waals surface area contributed by atoms with Crippen LogP contribution in [0.3, 0.4) is 0 Å². The molecule has 1 fully saturated rings. The Morgan fingerprint density at radius 2 is 1.93 bits per heavy atom. The van der Waals surface area contributed by atoms with Crippen LogP contribution < -0.4 is 0 Å². The molecular formula is C21H19FN2O2S. The highest BCUT2D eigenvalue weighted by molar-refractivity contribution is 8.00. The van der Waals surface area contributed by atoms with Gasteiger partial charge in [-0.05, 0) is 42.3 Å². The summed E-state index contributed by atoms with van der Waals surface area (Å²) < 4.78 is 20.7. The summed E-state index contributed by atoms with van der Waals surface area (Å²) in [5.74, 6) is -0.463. The van der Waals surface area contributed by atoms with Gasteiger partial charge in [0.15, 0.2) is 5.16 Å². The molecular weight excluding hydrogens is 363 g/mol. The van der Waals surface area contributed by atoms with Gasteiger partial charge < -0.3 is 9.30 Å². The molecule has 3 aromatic rings. The van der Waals surface area contributed by atoms with Gasteiger partial charge in [0.1, 0.15) is 17.2 Å². The van der Waals surface area contributed by atoms with Crippen molar-refractivity contribution in [1.82, 2.24) is 9.55 Å². The van der Waals surface area contributed by atoms with Crippen molar-refractivity contribution < 1.29 is 13.9 Å². The molecule has 0 spiro atoms. The predicted octanol–water partition coefficient (Wildman–Crippen LogP) is 4.53. The van der Waals surface area contributed by atoms with Gasteiger partial charge in [0, 0.05) is 6.42 Å². The van der Waals surface area contributed by atoms with Crippen molar-refractivity contribution >= 4 is 17.7 Å². The number of nitrogens with zero attached hydrogens (tertiary/aromatic N) is 2. The summed E-state index contributed by atoms with van der Waals surface area (Å²) in [5, 5.41) is 0.507. The lowest BCUT2D eigenvalue weighted by Crippen LogP contribution is -2.12. The number of cyclic esters (lactones) is 1. The molecule has 0 saturated carbocycles. The normalized spacial score (nSPS) is 19.3. The number of hydrogen-bond donors (Lipinski definition) is 0. The molecule has 6 heteroatoms. The number of halogens is 1. The molecule has 1 aliphatic heterocycles. The van der Waals surface area contributed by atoms with Gasteiger partial charge in [0.25, 0.3) is 0 Å². The van der Waals surface area contributed by atoms with Gasteiger partial charge in [-0.1, -0.05) is 42.1 Å². The van der Waals surface area contributed by atoms with Gasteiger partial charge in [-0.2, -0.15) is 0 Å². The van der Waals surface area contributed by atoms with E-state index in [0.29, 0.717) is 13.0 Å². The number of ether oxygens (including phenoxy) is 1. The maximum Gasteiger partial charge on any atom is 0.319 e. The number of aromatic nitrogens is 2. The van der Waals surface area contributed by atoms with Gasteiger partial charge in [0.2, 0.25) is 0 Å². The molecule has 4 rings (SSSR count). The molecule has 0 amide bonds. The average molecular weight is 382 g/mol. The molecule has 0 aliphatic carbocycles. The predicted molar refractivity (Wildman–Crippen MR) is 103 cm³/mol. The fourth-order valence-electron chi connectivity index (χ4n) is 3.17. The van der Waals surface area contributed by atoms with E-state index in [4.69, 9.17) is 4.74 Å². The number of carbonyl (C=O) groups excluding carboxylic acids is 1. The molecule has 1 aliphatic rings. The SMILES string of the molecule is CC1CC(Sc2ncc(-c3ccc(F)cc3)n2Cc2ccccc2)C(=O)O1. The summed E-state index contributed by atoms with van der Waals surface area (Å²) in [7, 11) is 0. The summed E-state index contributed by atoms with van der Waals surface area (Å²) in [4.78, 5) is 16.6. The van der Waals surface area contributed by atoms with Crippen LogP contribution in [-0.4, -0.2) is 26.9 Å². The molecule has 0 bridgehead atoms. The third-order valence-corrected chi connectivity index (χ3v) is 5.72. The molecule has 27 heavy (non-hydrogen) atoms. The van der Waals surface area contributed by atoms with Crippen molar-refractivity contribution in [1.29, 1.82) is 0 Å². The Hall–Kier alpha value is -2.60. The molecule has 2 heterocycles. The number of carbonyl (C=O) groups is 1. The lowest BCUT2D eigenvalue weighted by Gasteiger charge is -2.13. The average Bonchev–Trinajstić information content (AvgIpc) is 3.20. The van der Waals surface area contributed by atoms with Crippen LogP contribution in [0.5, 0.6) is 0 Å². The van der Waals surface area contributed by atoms with Gasteiger partial charge in [-0.3, -0.25) is 4.79 Å². The monoisotopic (exact) mass is 382 g/mol. The summed E-state index contributed by atoms with van der Waals surface area (Å²) in [6.07, 6.45) is 2.39. The van der Waals surface area contributed by atoms with E-state index in [-0.39, 0.29) is 23.1 Å². The van der Waals surface area contributed by atoms with Crippen molar-refractivity contribution in [2.45, 2.75) is 36.4 Å². The van der Waals surface area contributed by atoms with Crippen LogP contribution in [0.15, 0.2) is 66.0 Å². The van der Waals surface area contributed by atoms with E-state index in [1.54, 1.807) is 18.3 Å². The zero-order chi connectivity index (χ0) is 18.8. The molecule has 2 aromatic carbocycles. The molecule has 0 N–H and O–H groups in total. The number of imidazole rings is 1. The van der Waals surface area contributed by atoms with Crippen LogP contribution in [0.1, 0.15) is 18.9 Å². The highest BCUT2D eigenvalue weighted by Crippen LogP contribution is 2.34. The van der Waals surface area contributed by atoms with Gasteiger partial charge in [-0.15, -0.1) is 0 Å². The second kappa shape index (κ2) is 7.56. The topological polar surface area (TPSA) is 44.1 Å². The van der Waals surface area contributed by atoms with Crippen LogP contribution in [0, 0.1) is 5.82 Å². The third-order valence-electron chi connectivity index (χ3n) is 4.52. The van der Waals surface area contributed by atoms with E-state index in [0.717, 1.165) is 22.0 Å². The first-order valence-corrected chi connectivity index (χ1v) is 9.70. The minimum Gasteiger partial charge on any atom is -0.462 e. The number of esters is 1. The minimum absolute atomic E-state index is 0.0656. The Kier molecular flexibility index (Phi) is 4.99. The van der Waals surface area contributed by atoms with Gasteiger partial charge in [-0.25, -0.2) is 9.37 Å². The smallest absolute Gasteiger partial charge is 0.319 e. The first-order valence-electron chi connectivity index (χ1n) is 8.82. The van der Waals surface area contributed by atoms with Crippen molar-refractivity contribution in [2.75, 3.05) is 0 Å². The Morgan fingerprint density at radius 3 is 2.59 bits per heavy atom. The summed E-state index contributed by atoms with van der Waals surface area (Å²) in [5.41, 5.74) is 2.90. The lowest BCUT2D eigenvalue weighted by molar-refractivity contribution is -0.140. The Labute approximate surface area is 161 Å². The Bertz CT molecular complexity index is 941. The molecule has 1 saturated heterocycles. The van der Waals surface area contributed by atoms with E-state index in [9.17, 15) is 9.18 Å². The first kappa shape index (κ1) is 17.8. The number of benzene rings is 2.